The molecule has 1 fully saturated rings. The van der Waals surface area contributed by atoms with Crippen molar-refractivity contribution in [3.8, 4) is 0 Å². The molecule has 1 saturated carbocycles. The number of amides is 2. The number of urea groups is 1. The minimum atomic E-state index is -0.769. The molecule has 3 nitrogen and oxygen atoms in total. The van der Waals surface area contributed by atoms with Gasteiger partial charge in [0.05, 0.1) is 0 Å². The zero-order valence-electron chi connectivity index (χ0n) is 9.52. The van der Waals surface area contributed by atoms with E-state index in [2.05, 4.69) is 10.6 Å². The van der Waals surface area contributed by atoms with Crippen molar-refractivity contribution < 1.29 is 13.6 Å². The molecule has 1 aliphatic rings. The van der Waals surface area contributed by atoms with Crippen LogP contribution in [0.5, 0.6) is 0 Å². The van der Waals surface area contributed by atoms with Gasteiger partial charge < -0.3 is 10.6 Å². The van der Waals surface area contributed by atoms with Gasteiger partial charge in [-0.15, -0.1) is 0 Å². The van der Waals surface area contributed by atoms with Gasteiger partial charge in [-0.3, -0.25) is 0 Å². The maximum atomic E-state index is 13.6. The van der Waals surface area contributed by atoms with E-state index in [1.165, 1.54) is 13.0 Å². The third kappa shape index (κ3) is 2.93. The number of aryl methyl sites for hydroxylation is 1. The van der Waals surface area contributed by atoms with Crippen LogP contribution in [-0.4, -0.2) is 12.6 Å². The van der Waals surface area contributed by atoms with Crippen molar-refractivity contribution in [1.82, 2.24) is 5.32 Å². The van der Waals surface area contributed by atoms with Crippen LogP contribution in [0, 0.1) is 24.5 Å². The van der Waals surface area contributed by atoms with E-state index in [-0.39, 0.29) is 0 Å². The lowest BCUT2D eigenvalue weighted by molar-refractivity contribution is 0.251. The molecule has 1 aromatic rings. The van der Waals surface area contributed by atoms with Crippen LogP contribution in [0.3, 0.4) is 0 Å². The summed E-state index contributed by atoms with van der Waals surface area (Å²) >= 11 is 0. The number of halogens is 2. The molecule has 0 saturated heterocycles. The smallest absolute Gasteiger partial charge is 0.319 e. The molecule has 1 aromatic carbocycles. The van der Waals surface area contributed by atoms with Crippen LogP contribution in [0.2, 0.25) is 0 Å². The van der Waals surface area contributed by atoms with Crippen molar-refractivity contribution >= 4 is 11.7 Å². The largest absolute Gasteiger partial charge is 0.338 e. The van der Waals surface area contributed by atoms with Crippen molar-refractivity contribution in [2.24, 2.45) is 5.92 Å². The summed E-state index contributed by atoms with van der Waals surface area (Å²) in [5.41, 5.74) is -0.0952. The summed E-state index contributed by atoms with van der Waals surface area (Å²) in [7, 11) is 0. The minimum Gasteiger partial charge on any atom is -0.338 e. The highest BCUT2D eigenvalue weighted by atomic mass is 19.1. The second-order valence-corrected chi connectivity index (χ2v) is 4.33. The van der Waals surface area contributed by atoms with Crippen molar-refractivity contribution in [2.45, 2.75) is 19.8 Å². The van der Waals surface area contributed by atoms with Crippen LogP contribution < -0.4 is 10.6 Å². The highest BCUT2D eigenvalue weighted by Crippen LogP contribution is 2.27. The molecule has 0 aromatic heterocycles. The first kappa shape index (κ1) is 11.8. The second kappa shape index (κ2) is 4.69. The lowest BCUT2D eigenvalue weighted by Gasteiger charge is -2.10. The lowest BCUT2D eigenvalue weighted by Crippen LogP contribution is -2.31. The van der Waals surface area contributed by atoms with E-state index in [1.807, 2.05) is 0 Å². The Kier molecular flexibility index (Phi) is 3.26. The highest BCUT2D eigenvalue weighted by molar-refractivity contribution is 5.89. The molecule has 0 unspecified atom stereocenters. The first-order valence-electron chi connectivity index (χ1n) is 5.57. The predicted molar refractivity (Wildman–Crippen MR) is 60.8 cm³/mol. The Balaban J connectivity index is 2.01. The molecule has 2 N–H and O–H groups in total. The SMILES string of the molecule is Cc1ccc(F)c(NC(=O)NCC2CC2)c1F. The molecule has 0 radical (unpaired) electrons. The normalized spacial score (nSPS) is 14.5. The van der Waals surface area contributed by atoms with E-state index in [4.69, 9.17) is 0 Å². The van der Waals surface area contributed by atoms with Gasteiger partial charge in [0.25, 0.3) is 0 Å². The van der Waals surface area contributed by atoms with Gasteiger partial charge in [0.15, 0.2) is 5.82 Å². The molecule has 5 heteroatoms. The van der Waals surface area contributed by atoms with Crippen LogP contribution in [0.1, 0.15) is 18.4 Å². The van der Waals surface area contributed by atoms with E-state index < -0.39 is 23.4 Å². The highest BCUT2D eigenvalue weighted by Gasteiger charge is 2.22. The molecule has 2 amide bonds. The number of carbonyl (C=O) groups excluding carboxylic acids is 1. The number of hydrogen-bond acceptors (Lipinski definition) is 1. The molecular formula is C12H14F2N2O. The summed E-state index contributed by atoms with van der Waals surface area (Å²) in [6.45, 7) is 2.07. The summed E-state index contributed by atoms with van der Waals surface area (Å²) < 4.78 is 26.9. The fraction of sp³-hybridized carbons (Fsp3) is 0.417. The number of hydrogen-bond donors (Lipinski definition) is 2. The topological polar surface area (TPSA) is 41.1 Å². The van der Waals surface area contributed by atoms with Crippen LogP contribution >= 0.6 is 0 Å². The third-order valence-corrected chi connectivity index (χ3v) is 2.77. The van der Waals surface area contributed by atoms with Crippen LogP contribution in [0.15, 0.2) is 12.1 Å². The van der Waals surface area contributed by atoms with Crippen molar-refractivity contribution in [3.63, 3.8) is 0 Å². The molecule has 0 aliphatic heterocycles. The Morgan fingerprint density at radius 3 is 2.76 bits per heavy atom. The zero-order valence-corrected chi connectivity index (χ0v) is 9.52. The Morgan fingerprint density at radius 2 is 2.12 bits per heavy atom. The van der Waals surface area contributed by atoms with Gasteiger partial charge in [-0.05, 0) is 37.3 Å². The van der Waals surface area contributed by atoms with Gasteiger partial charge in [-0.1, -0.05) is 6.07 Å². The van der Waals surface area contributed by atoms with Gasteiger partial charge in [0, 0.05) is 6.54 Å². The van der Waals surface area contributed by atoms with Crippen LogP contribution in [-0.2, 0) is 0 Å². The Bertz CT molecular complexity index is 444. The molecule has 0 bridgehead atoms. The summed E-state index contributed by atoms with van der Waals surface area (Å²) in [5.74, 6) is -0.978. The van der Waals surface area contributed by atoms with E-state index in [0.29, 0.717) is 18.0 Å². The van der Waals surface area contributed by atoms with Gasteiger partial charge in [-0.25, -0.2) is 13.6 Å². The molecule has 0 heterocycles. The average Bonchev–Trinajstić information content (AvgIpc) is 3.11. The Morgan fingerprint density at radius 1 is 1.41 bits per heavy atom. The summed E-state index contributed by atoms with van der Waals surface area (Å²) in [5, 5.41) is 4.79. The van der Waals surface area contributed by atoms with Gasteiger partial charge in [-0.2, -0.15) is 0 Å². The van der Waals surface area contributed by atoms with E-state index >= 15 is 0 Å². The first-order chi connectivity index (χ1) is 8.08. The molecule has 0 atom stereocenters. The van der Waals surface area contributed by atoms with Crippen molar-refractivity contribution in [1.29, 1.82) is 0 Å². The quantitative estimate of drug-likeness (QED) is 0.838. The monoisotopic (exact) mass is 240 g/mol. The van der Waals surface area contributed by atoms with Crippen LogP contribution in [0.4, 0.5) is 19.3 Å². The maximum Gasteiger partial charge on any atom is 0.319 e. The second-order valence-electron chi connectivity index (χ2n) is 4.33. The maximum absolute atomic E-state index is 13.6. The number of benzene rings is 1. The van der Waals surface area contributed by atoms with E-state index in [9.17, 15) is 13.6 Å². The van der Waals surface area contributed by atoms with Gasteiger partial charge in [0.1, 0.15) is 11.5 Å². The Hall–Kier alpha value is -1.65. The van der Waals surface area contributed by atoms with Crippen molar-refractivity contribution in [3.05, 3.63) is 29.3 Å². The van der Waals surface area contributed by atoms with E-state index in [1.54, 1.807) is 0 Å². The van der Waals surface area contributed by atoms with Crippen LogP contribution in [0.25, 0.3) is 0 Å². The third-order valence-electron chi connectivity index (χ3n) is 2.77. The number of nitrogens with one attached hydrogen (secondary N) is 2. The molecular weight excluding hydrogens is 226 g/mol. The van der Waals surface area contributed by atoms with Crippen molar-refractivity contribution in [2.75, 3.05) is 11.9 Å². The fourth-order valence-electron chi connectivity index (χ4n) is 1.49. The predicted octanol–water partition coefficient (Wildman–Crippen LogP) is 2.80. The number of anilines is 1. The molecule has 0 spiro atoms. The zero-order chi connectivity index (χ0) is 12.4. The first-order valence-corrected chi connectivity index (χ1v) is 5.57. The van der Waals surface area contributed by atoms with Gasteiger partial charge >= 0.3 is 6.03 Å². The number of rotatable bonds is 3. The summed E-state index contributed by atoms with van der Waals surface area (Å²) in [4.78, 5) is 11.4. The Labute approximate surface area is 98.2 Å². The summed E-state index contributed by atoms with van der Waals surface area (Å²) in [6.07, 6.45) is 2.21. The molecule has 2 rings (SSSR count). The van der Waals surface area contributed by atoms with E-state index in [0.717, 1.165) is 18.9 Å². The molecule has 17 heavy (non-hydrogen) atoms. The fourth-order valence-corrected chi connectivity index (χ4v) is 1.49. The average molecular weight is 240 g/mol. The lowest BCUT2D eigenvalue weighted by atomic mass is 10.2. The number of carbonyl (C=O) groups is 1. The molecule has 92 valence electrons. The minimum absolute atomic E-state index is 0.295. The summed E-state index contributed by atoms with van der Waals surface area (Å²) in [6, 6.07) is 1.90. The standard InChI is InChI=1S/C12H14F2N2O/c1-7-2-5-9(13)11(10(7)14)16-12(17)15-6-8-3-4-8/h2,5,8H,3-4,6H2,1H3,(H2,15,16,17). The van der Waals surface area contributed by atoms with Gasteiger partial charge in [0.2, 0.25) is 0 Å². The molecule has 1 aliphatic carbocycles.